The number of ether oxygens (including phenoxy) is 2. The highest BCUT2D eigenvalue weighted by atomic mass is 32.2. The molecule has 3 aromatic carbocycles. The number of carbonyl (C=O) groups excluding carboxylic acids is 1. The zero-order valence-corrected chi connectivity index (χ0v) is 19.8. The summed E-state index contributed by atoms with van der Waals surface area (Å²) < 4.78 is 39.1. The Labute approximate surface area is 201 Å². The fraction of sp³-hybridized carbons (Fsp3) is 0.167. The summed E-state index contributed by atoms with van der Waals surface area (Å²) >= 11 is 0. The van der Waals surface area contributed by atoms with Gasteiger partial charge in [0.05, 0.1) is 18.1 Å². The molecule has 0 aliphatic rings. The number of benzene rings is 3. The highest BCUT2D eigenvalue weighted by Gasteiger charge is 2.27. The summed E-state index contributed by atoms with van der Waals surface area (Å²) in [6.07, 6.45) is 0. The van der Waals surface area contributed by atoms with Crippen LogP contribution in [0.4, 0.5) is 0 Å². The van der Waals surface area contributed by atoms with Crippen LogP contribution in [0.5, 0.6) is 5.75 Å². The third kappa shape index (κ3) is 5.05. The highest BCUT2D eigenvalue weighted by Crippen LogP contribution is 2.28. The van der Waals surface area contributed by atoms with Crippen LogP contribution in [0.2, 0.25) is 0 Å². The summed E-state index contributed by atoms with van der Waals surface area (Å²) in [5.41, 5.74) is 0.725. The number of carbonyl (C=O) groups is 1. The molecule has 1 heterocycles. The molecule has 4 rings (SSSR count). The van der Waals surface area contributed by atoms with E-state index >= 15 is 0 Å². The topological polar surface area (TPSA) is 121 Å². The molecule has 10 nitrogen and oxygen atoms in total. The van der Waals surface area contributed by atoms with Crippen molar-refractivity contribution >= 4 is 26.9 Å². The van der Waals surface area contributed by atoms with Gasteiger partial charge in [0.25, 0.3) is 5.56 Å². The largest absolute Gasteiger partial charge is 0.495 e. The Morgan fingerprint density at radius 2 is 1.74 bits per heavy atom. The maximum Gasteiger partial charge on any atom is 0.339 e. The summed E-state index contributed by atoms with van der Waals surface area (Å²) in [4.78, 5) is 25.1. The normalized spacial score (nSPS) is 11.5. The van der Waals surface area contributed by atoms with E-state index in [1.54, 1.807) is 24.3 Å². The van der Waals surface area contributed by atoms with Gasteiger partial charge in [-0.3, -0.25) is 4.79 Å². The van der Waals surface area contributed by atoms with Gasteiger partial charge in [0.15, 0.2) is 6.73 Å². The van der Waals surface area contributed by atoms with E-state index in [-0.39, 0.29) is 22.8 Å². The van der Waals surface area contributed by atoms with Crippen LogP contribution in [0.3, 0.4) is 0 Å². The standard InChI is InChI=1S/C24H22N4O6S/c1-27(15-17-8-4-3-5-9-17)35(31,32)22-14-18(12-13-21(22)33-2)24(30)34-16-28-23(29)19-10-6-7-11-20(19)25-26-28/h3-14H,15-16H2,1-2H3. The van der Waals surface area contributed by atoms with Crippen LogP contribution in [0.25, 0.3) is 10.9 Å². The smallest absolute Gasteiger partial charge is 0.339 e. The molecule has 0 aliphatic carbocycles. The first-order chi connectivity index (χ1) is 16.8. The van der Waals surface area contributed by atoms with Gasteiger partial charge in [-0.1, -0.05) is 47.7 Å². The van der Waals surface area contributed by atoms with Crippen LogP contribution in [-0.4, -0.2) is 47.8 Å². The van der Waals surface area contributed by atoms with Gasteiger partial charge in [0.2, 0.25) is 10.0 Å². The maximum absolute atomic E-state index is 13.3. The van der Waals surface area contributed by atoms with Gasteiger partial charge >= 0.3 is 5.97 Å². The number of esters is 1. The van der Waals surface area contributed by atoms with E-state index < -0.39 is 28.3 Å². The highest BCUT2D eigenvalue weighted by molar-refractivity contribution is 7.89. The predicted molar refractivity (Wildman–Crippen MR) is 127 cm³/mol. The molecular formula is C24H22N4O6S. The van der Waals surface area contributed by atoms with Gasteiger partial charge in [-0.15, -0.1) is 5.10 Å². The number of fused-ring (bicyclic) bond motifs is 1. The first-order valence-electron chi connectivity index (χ1n) is 10.5. The van der Waals surface area contributed by atoms with Crippen LogP contribution < -0.4 is 10.3 Å². The zero-order chi connectivity index (χ0) is 25.0. The Morgan fingerprint density at radius 1 is 1.03 bits per heavy atom. The predicted octanol–water partition coefficient (Wildman–Crippen LogP) is 2.44. The first-order valence-corrected chi connectivity index (χ1v) is 11.9. The zero-order valence-electron chi connectivity index (χ0n) is 19.0. The van der Waals surface area contributed by atoms with E-state index in [9.17, 15) is 18.0 Å². The molecule has 35 heavy (non-hydrogen) atoms. The second kappa shape index (κ2) is 10.0. The van der Waals surface area contributed by atoms with E-state index in [0.717, 1.165) is 10.2 Å². The molecule has 0 radical (unpaired) electrons. The van der Waals surface area contributed by atoms with Gasteiger partial charge in [-0.05, 0) is 35.9 Å². The van der Waals surface area contributed by atoms with Crippen LogP contribution in [-0.2, 0) is 28.0 Å². The number of rotatable bonds is 8. The number of nitrogens with zero attached hydrogens (tertiary/aromatic N) is 4. The molecule has 0 saturated heterocycles. The van der Waals surface area contributed by atoms with Crippen molar-refractivity contribution in [3.05, 3.63) is 94.3 Å². The maximum atomic E-state index is 13.3. The minimum atomic E-state index is -4.01. The second-order valence-electron chi connectivity index (χ2n) is 7.58. The minimum Gasteiger partial charge on any atom is -0.495 e. The summed E-state index contributed by atoms with van der Waals surface area (Å²) in [6.45, 7) is -0.359. The number of aromatic nitrogens is 3. The van der Waals surface area contributed by atoms with E-state index in [1.807, 2.05) is 30.3 Å². The van der Waals surface area contributed by atoms with Crippen molar-refractivity contribution in [1.29, 1.82) is 0 Å². The van der Waals surface area contributed by atoms with E-state index in [2.05, 4.69) is 10.3 Å². The van der Waals surface area contributed by atoms with Gasteiger partial charge < -0.3 is 9.47 Å². The summed E-state index contributed by atoms with van der Waals surface area (Å²) in [5, 5.41) is 8.04. The third-order valence-corrected chi connectivity index (χ3v) is 7.11. The van der Waals surface area contributed by atoms with Crippen molar-refractivity contribution in [2.75, 3.05) is 14.2 Å². The van der Waals surface area contributed by atoms with Crippen LogP contribution in [0.1, 0.15) is 15.9 Å². The molecule has 11 heteroatoms. The average molecular weight is 495 g/mol. The molecule has 0 spiro atoms. The number of sulfonamides is 1. The molecular weight excluding hydrogens is 472 g/mol. The lowest BCUT2D eigenvalue weighted by atomic mass is 10.2. The Bertz CT molecular complexity index is 1540. The van der Waals surface area contributed by atoms with Crippen molar-refractivity contribution in [2.24, 2.45) is 0 Å². The second-order valence-corrected chi connectivity index (χ2v) is 9.60. The summed E-state index contributed by atoms with van der Waals surface area (Å²) in [6, 6.07) is 19.7. The van der Waals surface area contributed by atoms with Crippen LogP contribution in [0.15, 0.2) is 82.5 Å². The number of hydrogen-bond acceptors (Lipinski definition) is 8. The fourth-order valence-electron chi connectivity index (χ4n) is 3.41. The Hall–Kier alpha value is -4.09. The molecule has 4 aromatic rings. The van der Waals surface area contributed by atoms with Crippen molar-refractivity contribution < 1.29 is 22.7 Å². The Balaban J connectivity index is 1.56. The monoisotopic (exact) mass is 494 g/mol. The average Bonchev–Trinajstić information content (AvgIpc) is 2.88. The molecule has 0 amide bonds. The van der Waals surface area contributed by atoms with Crippen molar-refractivity contribution in [2.45, 2.75) is 18.2 Å². The number of hydrogen-bond donors (Lipinski definition) is 0. The third-order valence-electron chi connectivity index (χ3n) is 5.28. The Kier molecular flexibility index (Phi) is 6.90. The molecule has 0 saturated carbocycles. The molecule has 0 N–H and O–H groups in total. The molecule has 0 fully saturated rings. The molecule has 180 valence electrons. The summed E-state index contributed by atoms with van der Waals surface area (Å²) in [5.74, 6) is -0.755. The SMILES string of the molecule is COc1ccc(C(=O)OCn2nnc3ccccc3c2=O)cc1S(=O)(=O)N(C)Cc1ccccc1. The van der Waals surface area contributed by atoms with E-state index in [1.165, 1.54) is 36.7 Å². The van der Waals surface area contributed by atoms with Crippen LogP contribution >= 0.6 is 0 Å². The van der Waals surface area contributed by atoms with E-state index in [4.69, 9.17) is 9.47 Å². The lowest BCUT2D eigenvalue weighted by Gasteiger charge is -2.19. The minimum absolute atomic E-state index is 0.0284. The van der Waals surface area contributed by atoms with Crippen molar-refractivity contribution in [3.63, 3.8) is 0 Å². The summed E-state index contributed by atoms with van der Waals surface area (Å²) in [7, 11) is -1.23. The molecule has 0 aliphatic heterocycles. The lowest BCUT2D eigenvalue weighted by molar-refractivity contribution is 0.0335. The fourth-order valence-corrected chi connectivity index (χ4v) is 4.75. The first kappa shape index (κ1) is 24.0. The van der Waals surface area contributed by atoms with Gasteiger partial charge in [-0.25, -0.2) is 13.2 Å². The molecule has 0 atom stereocenters. The van der Waals surface area contributed by atoms with Gasteiger partial charge in [-0.2, -0.15) is 8.99 Å². The van der Waals surface area contributed by atoms with Gasteiger partial charge in [0, 0.05) is 13.6 Å². The van der Waals surface area contributed by atoms with E-state index in [0.29, 0.717) is 10.9 Å². The molecule has 1 aromatic heterocycles. The van der Waals surface area contributed by atoms with Crippen molar-refractivity contribution in [3.8, 4) is 5.75 Å². The Morgan fingerprint density at radius 3 is 2.49 bits per heavy atom. The quantitative estimate of drug-likeness (QED) is 0.343. The molecule has 0 unspecified atom stereocenters. The molecule has 0 bridgehead atoms. The van der Waals surface area contributed by atoms with Crippen LogP contribution in [0, 0.1) is 0 Å². The number of methoxy groups -OCH3 is 1. The lowest BCUT2D eigenvalue weighted by Crippen LogP contribution is -2.27. The van der Waals surface area contributed by atoms with Crippen molar-refractivity contribution in [1.82, 2.24) is 19.3 Å². The van der Waals surface area contributed by atoms with Gasteiger partial charge in [0.1, 0.15) is 16.2 Å².